The number of piperidine rings is 1. The Kier molecular flexibility index (Phi) is 5.64. The van der Waals surface area contributed by atoms with Gasteiger partial charge in [0.05, 0.1) is 16.7 Å². The van der Waals surface area contributed by atoms with Crippen molar-refractivity contribution in [1.82, 2.24) is 5.06 Å². The Labute approximate surface area is 155 Å². The fraction of sp³-hybridized carbons (Fsp3) is 0.412. The topological polar surface area (TPSA) is 65.1 Å². The lowest BCUT2D eigenvalue weighted by Crippen LogP contribution is -2.52. The van der Waals surface area contributed by atoms with Gasteiger partial charge in [0.2, 0.25) is 0 Å². The molecule has 2 heterocycles. The highest BCUT2D eigenvalue weighted by Crippen LogP contribution is 2.40. The van der Waals surface area contributed by atoms with Crippen LogP contribution < -0.4 is 0 Å². The number of ether oxygens (including phenoxy) is 2. The number of hydrogen-bond acceptors (Lipinski definition) is 6. The number of fused-ring (bicyclic) bond motifs is 1. The number of carbonyl (C=O) groups is 2. The minimum Gasteiger partial charge on any atom is -0.440 e. The van der Waals surface area contributed by atoms with Gasteiger partial charge in [0.15, 0.2) is 6.23 Å². The van der Waals surface area contributed by atoms with Gasteiger partial charge in [-0.25, -0.2) is 9.59 Å². The molecular formula is C17H17Cl2NO5. The van der Waals surface area contributed by atoms with E-state index in [-0.39, 0.29) is 11.8 Å². The van der Waals surface area contributed by atoms with Gasteiger partial charge in [0.1, 0.15) is 0 Å². The minimum absolute atomic E-state index is 0.00544. The lowest BCUT2D eigenvalue weighted by atomic mass is 9.80. The fourth-order valence-corrected chi connectivity index (χ4v) is 3.56. The first-order valence-electron chi connectivity index (χ1n) is 7.80. The Hall–Kier alpha value is -1.60. The Bertz CT molecular complexity index is 708. The van der Waals surface area contributed by atoms with Gasteiger partial charge >= 0.3 is 11.9 Å². The van der Waals surface area contributed by atoms with Crippen molar-refractivity contribution < 1.29 is 23.9 Å². The molecule has 6 nitrogen and oxygen atoms in total. The Morgan fingerprint density at radius 1 is 1.20 bits per heavy atom. The summed E-state index contributed by atoms with van der Waals surface area (Å²) < 4.78 is 10.8. The average molecular weight is 386 g/mol. The Morgan fingerprint density at radius 3 is 2.68 bits per heavy atom. The molecule has 1 aromatic carbocycles. The fourth-order valence-electron chi connectivity index (χ4n) is 3.25. The maximum absolute atomic E-state index is 11.9. The largest absolute Gasteiger partial charge is 0.440 e. The summed E-state index contributed by atoms with van der Waals surface area (Å²) in [4.78, 5) is 28.9. The van der Waals surface area contributed by atoms with Gasteiger partial charge in [0.25, 0.3) is 0 Å². The van der Waals surface area contributed by atoms with Crippen LogP contribution >= 0.6 is 23.2 Å². The van der Waals surface area contributed by atoms with Crippen molar-refractivity contribution in [2.45, 2.75) is 18.6 Å². The number of esters is 1. The summed E-state index contributed by atoms with van der Waals surface area (Å²) in [7, 11) is 1.57. The molecule has 3 rings (SSSR count). The quantitative estimate of drug-likeness (QED) is 0.745. The molecular weight excluding hydrogens is 369 g/mol. The third-order valence-corrected chi connectivity index (χ3v) is 5.10. The van der Waals surface area contributed by atoms with Crippen molar-refractivity contribution in [3.63, 3.8) is 0 Å². The van der Waals surface area contributed by atoms with E-state index < -0.39 is 18.2 Å². The van der Waals surface area contributed by atoms with Crippen molar-refractivity contribution in [3.8, 4) is 0 Å². The van der Waals surface area contributed by atoms with Crippen LogP contribution in [0.25, 0.3) is 0 Å². The summed E-state index contributed by atoms with van der Waals surface area (Å²) in [6.07, 6.45) is 2.05. The molecule has 0 amide bonds. The lowest BCUT2D eigenvalue weighted by Gasteiger charge is -2.43. The summed E-state index contributed by atoms with van der Waals surface area (Å²) in [5, 5.41) is 2.34. The molecule has 25 heavy (non-hydrogen) atoms. The molecule has 2 aliphatic rings. The molecule has 0 radical (unpaired) electrons. The van der Waals surface area contributed by atoms with Crippen molar-refractivity contribution in [2.24, 2.45) is 5.92 Å². The van der Waals surface area contributed by atoms with E-state index in [9.17, 15) is 9.59 Å². The lowest BCUT2D eigenvalue weighted by molar-refractivity contribution is -0.265. The molecule has 0 spiro atoms. The van der Waals surface area contributed by atoms with Gasteiger partial charge < -0.3 is 14.3 Å². The molecule has 0 aromatic heterocycles. The number of methoxy groups -OCH3 is 1. The molecule has 8 heteroatoms. The van der Waals surface area contributed by atoms with Crippen molar-refractivity contribution in [3.05, 3.63) is 46.0 Å². The molecule has 0 N–H and O–H groups in total. The summed E-state index contributed by atoms with van der Waals surface area (Å²) in [5.41, 5.74) is 0.969. The van der Waals surface area contributed by atoms with Crippen molar-refractivity contribution in [1.29, 1.82) is 0 Å². The maximum Gasteiger partial charge on any atom is 0.350 e. The van der Waals surface area contributed by atoms with Crippen LogP contribution in [-0.2, 0) is 23.9 Å². The highest BCUT2D eigenvalue weighted by molar-refractivity contribution is 6.42. The number of benzene rings is 1. The predicted molar refractivity (Wildman–Crippen MR) is 91.0 cm³/mol. The third kappa shape index (κ3) is 3.98. The van der Waals surface area contributed by atoms with Crippen LogP contribution in [0.4, 0.5) is 0 Å². The molecule has 1 aromatic rings. The van der Waals surface area contributed by atoms with Crippen molar-refractivity contribution >= 4 is 35.1 Å². The van der Waals surface area contributed by atoms with E-state index in [1.165, 1.54) is 5.06 Å². The second kappa shape index (κ2) is 7.74. The summed E-state index contributed by atoms with van der Waals surface area (Å²) in [6.45, 7) is 0.739. The van der Waals surface area contributed by atoms with E-state index in [1.54, 1.807) is 13.2 Å². The molecule has 0 bridgehead atoms. The maximum atomic E-state index is 11.9. The highest BCUT2D eigenvalue weighted by atomic mass is 35.5. The third-order valence-electron chi connectivity index (χ3n) is 4.36. The van der Waals surface area contributed by atoms with E-state index in [0.717, 1.165) is 17.7 Å². The standard InChI is InChI=1S/C17H17Cl2NO5/c1-23-9-12-11(10-2-3-13(18)14(19)8-10)6-7-20-17(12)24-15(21)4-5-16(22)25-20/h2-5,8,11-12,17H,6-7,9H2,1H3/b5-4+. The Morgan fingerprint density at radius 2 is 1.96 bits per heavy atom. The first-order chi connectivity index (χ1) is 12.0. The van der Waals surface area contributed by atoms with Crippen LogP contribution in [-0.4, -0.2) is 43.5 Å². The number of hydrogen-bond donors (Lipinski definition) is 0. The zero-order valence-corrected chi connectivity index (χ0v) is 15.0. The molecule has 2 aliphatic heterocycles. The van der Waals surface area contributed by atoms with Gasteiger partial charge in [-0.3, -0.25) is 0 Å². The molecule has 3 unspecified atom stereocenters. The van der Waals surface area contributed by atoms with Crippen LogP contribution in [0.5, 0.6) is 0 Å². The van der Waals surface area contributed by atoms with Gasteiger partial charge in [-0.2, -0.15) is 0 Å². The Balaban J connectivity index is 1.93. The van der Waals surface area contributed by atoms with Crippen LogP contribution in [0, 0.1) is 5.92 Å². The van der Waals surface area contributed by atoms with Gasteiger partial charge in [0, 0.05) is 31.7 Å². The van der Waals surface area contributed by atoms with Gasteiger partial charge in [-0.15, -0.1) is 0 Å². The van der Waals surface area contributed by atoms with Crippen LogP contribution in [0.3, 0.4) is 0 Å². The highest BCUT2D eigenvalue weighted by Gasteiger charge is 2.43. The van der Waals surface area contributed by atoms with E-state index >= 15 is 0 Å². The number of carbonyl (C=O) groups excluding carboxylic acids is 2. The predicted octanol–water partition coefficient (Wildman–Crippen LogP) is 2.94. The normalized spacial score (nSPS) is 28.4. The van der Waals surface area contributed by atoms with Crippen LogP contribution in [0.1, 0.15) is 17.9 Å². The molecule has 1 fully saturated rings. The molecule has 0 aliphatic carbocycles. The molecule has 1 saturated heterocycles. The number of hydroxylamine groups is 2. The number of nitrogens with zero attached hydrogens (tertiary/aromatic N) is 1. The minimum atomic E-state index is -0.741. The van der Waals surface area contributed by atoms with Gasteiger partial charge in [-0.05, 0) is 30.0 Å². The average Bonchev–Trinajstić information content (AvgIpc) is 2.57. The number of rotatable bonds is 3. The van der Waals surface area contributed by atoms with Crippen molar-refractivity contribution in [2.75, 3.05) is 20.3 Å². The SMILES string of the molecule is COCC1C(c2ccc(Cl)c(Cl)c2)CCN2OC(=O)/C=C/C(=O)OC12. The van der Waals surface area contributed by atoms with E-state index in [0.29, 0.717) is 29.6 Å². The first-order valence-corrected chi connectivity index (χ1v) is 8.56. The monoisotopic (exact) mass is 385 g/mol. The second-order valence-electron chi connectivity index (χ2n) is 5.90. The van der Waals surface area contributed by atoms with E-state index in [2.05, 4.69) is 0 Å². The van der Waals surface area contributed by atoms with E-state index in [4.69, 9.17) is 37.5 Å². The summed E-state index contributed by atoms with van der Waals surface area (Å²) in [6, 6.07) is 5.44. The van der Waals surface area contributed by atoms with Crippen LogP contribution in [0.2, 0.25) is 10.0 Å². The molecule has 0 saturated carbocycles. The smallest absolute Gasteiger partial charge is 0.350 e. The summed E-state index contributed by atoms with van der Waals surface area (Å²) >= 11 is 12.2. The van der Waals surface area contributed by atoms with Crippen LogP contribution in [0.15, 0.2) is 30.4 Å². The number of halogens is 2. The zero-order chi connectivity index (χ0) is 18.0. The molecule has 134 valence electrons. The summed E-state index contributed by atoms with van der Waals surface area (Å²) in [5.74, 6) is -1.43. The zero-order valence-electron chi connectivity index (χ0n) is 13.5. The van der Waals surface area contributed by atoms with E-state index in [1.807, 2.05) is 12.1 Å². The molecule has 3 atom stereocenters. The van der Waals surface area contributed by atoms with Gasteiger partial charge in [-0.1, -0.05) is 34.3 Å². The first kappa shape index (κ1) is 18.2. The second-order valence-corrected chi connectivity index (χ2v) is 6.71.